The fourth-order valence-corrected chi connectivity index (χ4v) is 2.10. The molecule has 0 bridgehead atoms. The maximum atomic E-state index is 4.39. The number of hydrogen-bond acceptors (Lipinski definition) is 4. The van der Waals surface area contributed by atoms with Crippen molar-refractivity contribution in [3.8, 4) is 0 Å². The summed E-state index contributed by atoms with van der Waals surface area (Å²) in [5.41, 5.74) is 2.36. The van der Waals surface area contributed by atoms with Crippen LogP contribution in [0.4, 0.5) is 11.6 Å². The van der Waals surface area contributed by atoms with Crippen LogP contribution in [0, 0.1) is 6.92 Å². The van der Waals surface area contributed by atoms with E-state index in [9.17, 15) is 0 Å². The third-order valence-electron chi connectivity index (χ3n) is 3.03. The SMILES string of the molecule is CCNc1ncnc(N(C)Cc2ccccc2)c1C. The third kappa shape index (κ3) is 3.22. The standard InChI is InChI=1S/C15H20N4/c1-4-16-14-12(2)15(18-11-17-14)19(3)10-13-8-6-5-7-9-13/h5-9,11H,4,10H2,1-3H3,(H,16,17,18). The van der Waals surface area contributed by atoms with Crippen molar-refractivity contribution in [2.45, 2.75) is 20.4 Å². The molecule has 2 rings (SSSR count). The van der Waals surface area contributed by atoms with Crippen molar-refractivity contribution in [3.05, 3.63) is 47.8 Å². The van der Waals surface area contributed by atoms with Crippen LogP contribution in [0.15, 0.2) is 36.7 Å². The van der Waals surface area contributed by atoms with Gasteiger partial charge in [-0.05, 0) is 19.4 Å². The number of nitrogens with zero attached hydrogens (tertiary/aromatic N) is 3. The summed E-state index contributed by atoms with van der Waals surface area (Å²) in [6, 6.07) is 10.4. The van der Waals surface area contributed by atoms with E-state index < -0.39 is 0 Å². The van der Waals surface area contributed by atoms with Gasteiger partial charge in [-0.15, -0.1) is 0 Å². The molecule has 2 aromatic rings. The maximum absolute atomic E-state index is 4.39. The molecule has 0 unspecified atom stereocenters. The summed E-state index contributed by atoms with van der Waals surface area (Å²) in [6.07, 6.45) is 1.61. The summed E-state index contributed by atoms with van der Waals surface area (Å²) in [5.74, 6) is 1.88. The summed E-state index contributed by atoms with van der Waals surface area (Å²) in [4.78, 5) is 10.8. The van der Waals surface area contributed by atoms with Gasteiger partial charge in [-0.3, -0.25) is 0 Å². The summed E-state index contributed by atoms with van der Waals surface area (Å²) in [7, 11) is 2.05. The van der Waals surface area contributed by atoms with Gasteiger partial charge in [-0.1, -0.05) is 30.3 Å². The Kier molecular flexibility index (Phi) is 4.34. The van der Waals surface area contributed by atoms with Crippen LogP contribution < -0.4 is 10.2 Å². The Morgan fingerprint density at radius 1 is 1.16 bits per heavy atom. The van der Waals surface area contributed by atoms with E-state index in [0.717, 1.165) is 30.3 Å². The van der Waals surface area contributed by atoms with Crippen LogP contribution in [0.5, 0.6) is 0 Å². The van der Waals surface area contributed by atoms with Gasteiger partial charge < -0.3 is 10.2 Å². The molecule has 0 aliphatic heterocycles. The number of nitrogens with one attached hydrogen (secondary N) is 1. The van der Waals surface area contributed by atoms with Gasteiger partial charge in [0, 0.05) is 25.7 Å². The van der Waals surface area contributed by atoms with Crippen LogP contribution in [-0.4, -0.2) is 23.6 Å². The van der Waals surface area contributed by atoms with Crippen molar-refractivity contribution in [1.82, 2.24) is 9.97 Å². The highest BCUT2D eigenvalue weighted by molar-refractivity contribution is 5.57. The molecular weight excluding hydrogens is 236 g/mol. The second-order valence-electron chi connectivity index (χ2n) is 4.54. The van der Waals surface area contributed by atoms with Gasteiger partial charge in [-0.2, -0.15) is 0 Å². The first-order valence-electron chi connectivity index (χ1n) is 6.53. The highest BCUT2D eigenvalue weighted by Gasteiger charge is 2.10. The highest BCUT2D eigenvalue weighted by atomic mass is 15.2. The van der Waals surface area contributed by atoms with Crippen molar-refractivity contribution in [2.75, 3.05) is 23.8 Å². The number of hydrogen-bond donors (Lipinski definition) is 1. The Hall–Kier alpha value is -2.10. The van der Waals surface area contributed by atoms with Crippen LogP contribution in [0.3, 0.4) is 0 Å². The molecule has 1 heterocycles. The van der Waals surface area contributed by atoms with E-state index >= 15 is 0 Å². The van der Waals surface area contributed by atoms with Gasteiger partial charge >= 0.3 is 0 Å². The number of anilines is 2. The number of aromatic nitrogens is 2. The quantitative estimate of drug-likeness (QED) is 0.893. The second-order valence-corrected chi connectivity index (χ2v) is 4.54. The first-order valence-corrected chi connectivity index (χ1v) is 6.53. The topological polar surface area (TPSA) is 41.1 Å². The normalized spacial score (nSPS) is 10.3. The molecule has 1 aromatic heterocycles. The van der Waals surface area contributed by atoms with Gasteiger partial charge in [0.1, 0.15) is 18.0 Å². The van der Waals surface area contributed by atoms with Crippen LogP contribution >= 0.6 is 0 Å². The Labute approximate surface area is 114 Å². The zero-order chi connectivity index (χ0) is 13.7. The summed E-state index contributed by atoms with van der Waals surface area (Å²) < 4.78 is 0. The molecule has 0 spiro atoms. The van der Waals surface area contributed by atoms with Crippen LogP contribution in [0.25, 0.3) is 0 Å². The fourth-order valence-electron chi connectivity index (χ4n) is 2.10. The van der Waals surface area contributed by atoms with E-state index in [-0.39, 0.29) is 0 Å². The summed E-state index contributed by atoms with van der Waals surface area (Å²) in [5, 5.41) is 3.26. The zero-order valence-electron chi connectivity index (χ0n) is 11.7. The molecule has 1 N–H and O–H groups in total. The van der Waals surface area contributed by atoms with E-state index in [2.05, 4.69) is 65.3 Å². The first kappa shape index (κ1) is 13.3. The Bertz CT molecular complexity index is 525. The van der Waals surface area contributed by atoms with Gasteiger partial charge in [-0.25, -0.2) is 9.97 Å². The second kappa shape index (κ2) is 6.18. The molecule has 0 radical (unpaired) electrons. The van der Waals surface area contributed by atoms with E-state index in [1.54, 1.807) is 6.33 Å². The van der Waals surface area contributed by atoms with Crippen molar-refractivity contribution in [3.63, 3.8) is 0 Å². The van der Waals surface area contributed by atoms with Crippen LogP contribution in [0.2, 0.25) is 0 Å². The van der Waals surface area contributed by atoms with Crippen LogP contribution in [-0.2, 0) is 6.54 Å². The smallest absolute Gasteiger partial charge is 0.137 e. The molecule has 0 saturated heterocycles. The van der Waals surface area contributed by atoms with Crippen molar-refractivity contribution in [1.29, 1.82) is 0 Å². The van der Waals surface area contributed by atoms with Crippen molar-refractivity contribution < 1.29 is 0 Å². The maximum Gasteiger partial charge on any atom is 0.137 e. The Morgan fingerprint density at radius 3 is 2.58 bits per heavy atom. The minimum absolute atomic E-state index is 0.838. The minimum Gasteiger partial charge on any atom is -0.370 e. The predicted octanol–water partition coefficient (Wildman–Crippen LogP) is 2.85. The summed E-state index contributed by atoms with van der Waals surface area (Å²) >= 11 is 0. The monoisotopic (exact) mass is 256 g/mol. The molecule has 0 saturated carbocycles. The van der Waals surface area contributed by atoms with E-state index in [4.69, 9.17) is 0 Å². The first-order chi connectivity index (χ1) is 9.22. The molecule has 0 atom stereocenters. The molecule has 19 heavy (non-hydrogen) atoms. The van der Waals surface area contributed by atoms with Crippen molar-refractivity contribution in [2.24, 2.45) is 0 Å². The predicted molar refractivity (Wildman–Crippen MR) is 79.5 cm³/mol. The lowest BCUT2D eigenvalue weighted by Crippen LogP contribution is -2.19. The van der Waals surface area contributed by atoms with E-state index in [0.29, 0.717) is 0 Å². The molecule has 0 aliphatic carbocycles. The van der Waals surface area contributed by atoms with E-state index in [1.165, 1.54) is 5.56 Å². The fraction of sp³-hybridized carbons (Fsp3) is 0.333. The zero-order valence-corrected chi connectivity index (χ0v) is 11.7. The number of rotatable bonds is 5. The van der Waals surface area contributed by atoms with Gasteiger partial charge in [0.15, 0.2) is 0 Å². The lowest BCUT2D eigenvalue weighted by molar-refractivity contribution is 0.881. The Balaban J connectivity index is 2.19. The van der Waals surface area contributed by atoms with E-state index in [1.807, 2.05) is 6.07 Å². The minimum atomic E-state index is 0.838. The number of benzene rings is 1. The lowest BCUT2D eigenvalue weighted by Gasteiger charge is -2.21. The average molecular weight is 256 g/mol. The third-order valence-corrected chi connectivity index (χ3v) is 3.03. The highest BCUT2D eigenvalue weighted by Crippen LogP contribution is 2.22. The molecule has 1 aromatic carbocycles. The Morgan fingerprint density at radius 2 is 1.89 bits per heavy atom. The summed E-state index contributed by atoms with van der Waals surface area (Å²) in [6.45, 7) is 5.81. The average Bonchev–Trinajstić information content (AvgIpc) is 2.42. The molecule has 4 nitrogen and oxygen atoms in total. The van der Waals surface area contributed by atoms with Gasteiger partial charge in [0.25, 0.3) is 0 Å². The largest absolute Gasteiger partial charge is 0.370 e. The van der Waals surface area contributed by atoms with Gasteiger partial charge in [0.05, 0.1) is 0 Å². The van der Waals surface area contributed by atoms with Gasteiger partial charge in [0.2, 0.25) is 0 Å². The molecular formula is C15H20N4. The molecule has 0 aliphatic rings. The van der Waals surface area contributed by atoms with Crippen molar-refractivity contribution >= 4 is 11.6 Å². The van der Waals surface area contributed by atoms with Crippen LogP contribution in [0.1, 0.15) is 18.1 Å². The molecule has 0 fully saturated rings. The molecule has 4 heteroatoms. The molecule has 100 valence electrons. The molecule has 0 amide bonds. The lowest BCUT2D eigenvalue weighted by atomic mass is 10.2.